The highest BCUT2D eigenvalue weighted by molar-refractivity contribution is 14.1. The van der Waals surface area contributed by atoms with Crippen LogP contribution in [0.5, 0.6) is 5.75 Å². The molecule has 134 valence electrons. The number of aliphatic hydroxyl groups is 1. The second kappa shape index (κ2) is 9.71. The molecule has 0 fully saturated rings. The number of hydrogen-bond acceptors (Lipinski definition) is 3. The van der Waals surface area contributed by atoms with Crippen molar-refractivity contribution in [3.63, 3.8) is 0 Å². The molecule has 0 spiro atoms. The molecule has 2 N–H and O–H groups in total. The summed E-state index contributed by atoms with van der Waals surface area (Å²) in [5, 5.41) is 13.7. The van der Waals surface area contributed by atoms with Crippen LogP contribution in [0.4, 0.5) is 0 Å². The van der Waals surface area contributed by atoms with Crippen LogP contribution in [0, 0.1) is 3.57 Å². The molecule has 26 heavy (non-hydrogen) atoms. The zero-order valence-corrected chi connectivity index (χ0v) is 16.6. The number of halogens is 1. The Morgan fingerprint density at radius 1 is 0.923 bits per heavy atom. The van der Waals surface area contributed by atoms with Crippen molar-refractivity contribution >= 4 is 22.6 Å². The first-order chi connectivity index (χ1) is 12.7. The van der Waals surface area contributed by atoms with E-state index < -0.39 is 6.10 Å². The lowest BCUT2D eigenvalue weighted by Gasteiger charge is -2.15. The number of nitrogens with one attached hydrogen (secondary N) is 1. The highest BCUT2D eigenvalue weighted by Gasteiger charge is 2.09. The minimum atomic E-state index is -0.526. The first-order valence-electron chi connectivity index (χ1n) is 8.61. The Hall–Kier alpha value is -1.89. The third kappa shape index (κ3) is 5.56. The molecule has 0 heterocycles. The molecule has 4 heteroatoms. The predicted molar refractivity (Wildman–Crippen MR) is 113 cm³/mol. The van der Waals surface area contributed by atoms with Gasteiger partial charge in [0, 0.05) is 22.2 Å². The Balaban J connectivity index is 1.55. The summed E-state index contributed by atoms with van der Waals surface area (Å²) in [7, 11) is 0. The largest absolute Gasteiger partial charge is 0.489 e. The minimum absolute atomic E-state index is 0.493. The van der Waals surface area contributed by atoms with Gasteiger partial charge in [-0.3, -0.25) is 0 Å². The molecule has 0 aliphatic rings. The summed E-state index contributed by atoms with van der Waals surface area (Å²) in [4.78, 5) is 0. The van der Waals surface area contributed by atoms with Gasteiger partial charge in [0.15, 0.2) is 0 Å². The van der Waals surface area contributed by atoms with E-state index in [0.717, 1.165) is 26.0 Å². The molecule has 3 rings (SSSR count). The second-order valence-electron chi connectivity index (χ2n) is 6.08. The molecule has 0 bridgehead atoms. The van der Waals surface area contributed by atoms with Gasteiger partial charge in [-0.2, -0.15) is 0 Å². The van der Waals surface area contributed by atoms with E-state index in [2.05, 4.69) is 40.0 Å². The molecule has 0 aromatic heterocycles. The van der Waals surface area contributed by atoms with Gasteiger partial charge < -0.3 is 15.2 Å². The lowest BCUT2D eigenvalue weighted by molar-refractivity contribution is 0.174. The molecule has 0 radical (unpaired) electrons. The van der Waals surface area contributed by atoms with E-state index >= 15 is 0 Å². The molecule has 3 nitrogen and oxygen atoms in total. The van der Waals surface area contributed by atoms with E-state index in [0.29, 0.717) is 19.7 Å². The van der Waals surface area contributed by atoms with Crippen LogP contribution in [0.15, 0.2) is 78.9 Å². The summed E-state index contributed by atoms with van der Waals surface area (Å²) in [5.74, 6) is 0.868. The molecule has 1 atom stereocenters. The number of benzene rings is 3. The van der Waals surface area contributed by atoms with Crippen LogP contribution in [-0.2, 0) is 13.2 Å². The van der Waals surface area contributed by atoms with E-state index in [1.54, 1.807) is 0 Å². The number of rotatable bonds is 8. The van der Waals surface area contributed by atoms with Crippen LogP contribution >= 0.6 is 22.6 Å². The van der Waals surface area contributed by atoms with Gasteiger partial charge in [0.2, 0.25) is 0 Å². The fraction of sp³-hybridized carbons (Fsp3) is 0.182. The Morgan fingerprint density at radius 2 is 1.69 bits per heavy atom. The topological polar surface area (TPSA) is 41.5 Å². The maximum atomic E-state index is 10.3. The zero-order valence-electron chi connectivity index (χ0n) is 14.4. The van der Waals surface area contributed by atoms with Crippen molar-refractivity contribution in [1.29, 1.82) is 0 Å². The average Bonchev–Trinajstić information content (AvgIpc) is 2.68. The van der Waals surface area contributed by atoms with Crippen molar-refractivity contribution in [3.8, 4) is 5.75 Å². The van der Waals surface area contributed by atoms with Crippen molar-refractivity contribution < 1.29 is 9.84 Å². The monoisotopic (exact) mass is 459 g/mol. The van der Waals surface area contributed by atoms with Crippen molar-refractivity contribution in [2.24, 2.45) is 0 Å². The van der Waals surface area contributed by atoms with Gasteiger partial charge in [-0.1, -0.05) is 60.7 Å². The average molecular weight is 459 g/mol. The zero-order chi connectivity index (χ0) is 18.2. The Labute approximate surface area is 168 Å². The molecule has 0 aliphatic heterocycles. The van der Waals surface area contributed by atoms with Gasteiger partial charge in [0.25, 0.3) is 0 Å². The van der Waals surface area contributed by atoms with Crippen LogP contribution in [0.3, 0.4) is 0 Å². The third-order valence-electron chi connectivity index (χ3n) is 4.10. The van der Waals surface area contributed by atoms with Crippen LogP contribution in [0.1, 0.15) is 22.8 Å². The SMILES string of the molecule is O[C@H](CNCc1ccccc1OCc1ccccc1)c1cccc(I)c1. The number of para-hydroxylation sites is 1. The molecule has 0 unspecified atom stereocenters. The highest BCUT2D eigenvalue weighted by Crippen LogP contribution is 2.20. The van der Waals surface area contributed by atoms with Gasteiger partial charge in [0.1, 0.15) is 12.4 Å². The van der Waals surface area contributed by atoms with E-state index in [9.17, 15) is 5.11 Å². The van der Waals surface area contributed by atoms with Gasteiger partial charge >= 0.3 is 0 Å². The lowest BCUT2D eigenvalue weighted by atomic mass is 10.1. The van der Waals surface area contributed by atoms with E-state index in [4.69, 9.17) is 4.74 Å². The van der Waals surface area contributed by atoms with Gasteiger partial charge in [-0.15, -0.1) is 0 Å². The van der Waals surface area contributed by atoms with Crippen LogP contribution in [0.25, 0.3) is 0 Å². The first kappa shape index (κ1) is 18.9. The van der Waals surface area contributed by atoms with Crippen molar-refractivity contribution in [2.45, 2.75) is 19.3 Å². The van der Waals surface area contributed by atoms with Crippen molar-refractivity contribution in [1.82, 2.24) is 5.32 Å². The molecule has 0 aliphatic carbocycles. The van der Waals surface area contributed by atoms with Gasteiger partial charge in [0.05, 0.1) is 6.10 Å². The second-order valence-corrected chi connectivity index (χ2v) is 7.33. The molecule has 0 saturated heterocycles. The van der Waals surface area contributed by atoms with E-state index in [-0.39, 0.29) is 0 Å². The molecule has 0 saturated carbocycles. The summed E-state index contributed by atoms with van der Waals surface area (Å²) in [6.07, 6.45) is -0.526. The van der Waals surface area contributed by atoms with Gasteiger partial charge in [-0.05, 0) is 51.9 Å². The van der Waals surface area contributed by atoms with Crippen LogP contribution in [0.2, 0.25) is 0 Å². The Kier molecular flexibility index (Phi) is 7.05. The molecular formula is C22H22INO2. The fourth-order valence-electron chi connectivity index (χ4n) is 2.70. The third-order valence-corrected chi connectivity index (χ3v) is 4.77. The Morgan fingerprint density at radius 3 is 2.50 bits per heavy atom. The lowest BCUT2D eigenvalue weighted by Crippen LogP contribution is -2.21. The van der Waals surface area contributed by atoms with Crippen molar-refractivity contribution in [3.05, 3.63) is 99.1 Å². The molecule has 0 amide bonds. The predicted octanol–water partition coefficient (Wildman–Crippen LogP) is 4.69. The standard InChI is InChI=1S/C22H22INO2/c23-20-11-6-10-18(13-20)21(25)15-24-14-19-9-4-5-12-22(19)26-16-17-7-2-1-3-8-17/h1-13,21,24-25H,14-16H2/t21-/m1/s1. The summed E-state index contributed by atoms with van der Waals surface area (Å²) in [6, 6.07) is 26.1. The molecular weight excluding hydrogens is 437 g/mol. The molecule has 3 aromatic carbocycles. The summed E-state index contributed by atoms with van der Waals surface area (Å²) < 4.78 is 7.10. The summed E-state index contributed by atoms with van der Waals surface area (Å²) >= 11 is 2.26. The fourth-order valence-corrected chi connectivity index (χ4v) is 3.27. The first-order valence-corrected chi connectivity index (χ1v) is 9.69. The van der Waals surface area contributed by atoms with Crippen LogP contribution < -0.4 is 10.1 Å². The van der Waals surface area contributed by atoms with Gasteiger partial charge in [-0.25, -0.2) is 0 Å². The van der Waals surface area contributed by atoms with Crippen LogP contribution in [-0.4, -0.2) is 11.7 Å². The maximum absolute atomic E-state index is 10.3. The maximum Gasteiger partial charge on any atom is 0.124 e. The number of hydrogen-bond donors (Lipinski definition) is 2. The summed E-state index contributed by atoms with van der Waals surface area (Å²) in [5.41, 5.74) is 3.15. The smallest absolute Gasteiger partial charge is 0.124 e. The Bertz CT molecular complexity index is 823. The number of ether oxygens (including phenoxy) is 1. The summed E-state index contributed by atoms with van der Waals surface area (Å²) in [6.45, 7) is 1.68. The highest BCUT2D eigenvalue weighted by atomic mass is 127. The molecule has 3 aromatic rings. The quantitative estimate of drug-likeness (QED) is 0.481. The number of aliphatic hydroxyl groups excluding tert-OH is 1. The minimum Gasteiger partial charge on any atom is -0.489 e. The van der Waals surface area contributed by atoms with Crippen molar-refractivity contribution in [2.75, 3.05) is 6.54 Å². The normalized spacial score (nSPS) is 11.9. The van der Waals surface area contributed by atoms with E-state index in [1.165, 1.54) is 0 Å². The van der Waals surface area contributed by atoms with E-state index in [1.807, 2.05) is 66.7 Å².